The van der Waals surface area contributed by atoms with Crippen LogP contribution in [0.1, 0.15) is 22.2 Å². The zero-order valence-corrected chi connectivity index (χ0v) is 18.1. The lowest BCUT2D eigenvalue weighted by Gasteiger charge is -2.44. The van der Waals surface area contributed by atoms with E-state index in [0.29, 0.717) is 0 Å². The van der Waals surface area contributed by atoms with Crippen molar-refractivity contribution in [3.8, 4) is 11.3 Å². The molecule has 1 aromatic heterocycles. The molecule has 2 amide bonds. The van der Waals surface area contributed by atoms with Crippen molar-refractivity contribution in [1.82, 2.24) is 10.6 Å². The second-order valence-electron chi connectivity index (χ2n) is 7.70. The number of carbonyl (C=O) groups is 2. The van der Waals surface area contributed by atoms with Crippen LogP contribution < -0.4 is 10.6 Å². The van der Waals surface area contributed by atoms with Gasteiger partial charge >= 0.3 is 12.2 Å². The molecule has 0 aliphatic carbocycles. The van der Waals surface area contributed by atoms with Crippen molar-refractivity contribution in [3.63, 3.8) is 0 Å². The molecule has 0 saturated carbocycles. The van der Waals surface area contributed by atoms with Crippen LogP contribution in [0.5, 0.6) is 0 Å². The standard InChI is InChI=1S/C22H15ClF3N3O6/c23-13-6-4-11(5-7-13)19(30)17-18(27-20(31)28-21(17,32)22(24,25)26)16-9-8-15(35-16)12-2-1-3-14(10-12)29(33)34/h1-10,17-18,32H,(H2,27,28,31)/t17-,18-,21-/m0/s1. The summed E-state index contributed by atoms with van der Waals surface area (Å²) in [4.78, 5) is 35.8. The molecule has 4 rings (SSSR count). The number of Topliss-reactive ketones (excluding diaryl/α,β-unsaturated/α-hetero) is 1. The van der Waals surface area contributed by atoms with Crippen LogP contribution >= 0.6 is 11.6 Å². The quantitative estimate of drug-likeness (QED) is 0.261. The zero-order valence-electron chi connectivity index (χ0n) is 17.4. The van der Waals surface area contributed by atoms with Crippen molar-refractivity contribution in [2.75, 3.05) is 0 Å². The lowest BCUT2D eigenvalue weighted by atomic mass is 9.79. The third-order valence-electron chi connectivity index (χ3n) is 5.49. The van der Waals surface area contributed by atoms with Gasteiger partial charge in [0.1, 0.15) is 23.5 Å². The molecule has 1 saturated heterocycles. The van der Waals surface area contributed by atoms with Gasteiger partial charge in [0.05, 0.1) is 4.92 Å². The minimum absolute atomic E-state index is 0.0322. The Balaban J connectivity index is 1.80. The number of nitrogens with one attached hydrogen (secondary N) is 2. The smallest absolute Gasteiger partial charge is 0.437 e. The number of urea groups is 1. The second-order valence-corrected chi connectivity index (χ2v) is 8.13. The summed E-state index contributed by atoms with van der Waals surface area (Å²) in [5, 5.41) is 25.5. The van der Waals surface area contributed by atoms with Gasteiger partial charge in [-0.25, -0.2) is 4.79 Å². The third-order valence-corrected chi connectivity index (χ3v) is 5.74. The van der Waals surface area contributed by atoms with Crippen LogP contribution in [0, 0.1) is 16.0 Å². The molecule has 3 N–H and O–H groups in total. The number of halogens is 4. The average molecular weight is 510 g/mol. The van der Waals surface area contributed by atoms with Crippen LogP contribution in [-0.2, 0) is 0 Å². The summed E-state index contributed by atoms with van der Waals surface area (Å²) in [7, 11) is 0. The highest BCUT2D eigenvalue weighted by molar-refractivity contribution is 6.30. The number of rotatable bonds is 5. The number of aliphatic hydroxyl groups is 1. The van der Waals surface area contributed by atoms with Crippen molar-refractivity contribution in [3.05, 3.63) is 87.1 Å². The zero-order chi connectivity index (χ0) is 25.5. The molecule has 13 heteroatoms. The Morgan fingerprint density at radius 1 is 1.14 bits per heavy atom. The predicted molar refractivity (Wildman–Crippen MR) is 115 cm³/mol. The lowest BCUT2D eigenvalue weighted by molar-refractivity contribution is -0.384. The fourth-order valence-corrected chi connectivity index (χ4v) is 3.94. The van der Waals surface area contributed by atoms with E-state index in [0.717, 1.165) is 0 Å². The number of furan rings is 1. The Kier molecular flexibility index (Phi) is 6.03. The first kappa shape index (κ1) is 24.2. The van der Waals surface area contributed by atoms with Crippen LogP contribution in [0.4, 0.5) is 23.7 Å². The summed E-state index contributed by atoms with van der Waals surface area (Å²) in [5.41, 5.74) is -4.15. The van der Waals surface area contributed by atoms with Gasteiger partial charge in [0.25, 0.3) is 5.69 Å². The van der Waals surface area contributed by atoms with Crippen molar-refractivity contribution >= 4 is 29.1 Å². The summed E-state index contributed by atoms with van der Waals surface area (Å²) in [6.07, 6.45) is -5.44. The third kappa shape index (κ3) is 4.45. The highest BCUT2D eigenvalue weighted by Gasteiger charge is 2.66. The number of nitro groups is 1. The molecule has 3 atom stereocenters. The normalized spacial score (nSPS) is 22.3. The molecule has 0 spiro atoms. The molecule has 0 unspecified atom stereocenters. The topological polar surface area (TPSA) is 135 Å². The fraction of sp³-hybridized carbons (Fsp3) is 0.182. The van der Waals surface area contributed by atoms with Gasteiger partial charge in [-0.1, -0.05) is 23.7 Å². The molecule has 2 heterocycles. The summed E-state index contributed by atoms with van der Waals surface area (Å²) < 4.78 is 47.6. The fourth-order valence-electron chi connectivity index (χ4n) is 3.82. The van der Waals surface area contributed by atoms with E-state index in [1.165, 1.54) is 66.0 Å². The van der Waals surface area contributed by atoms with E-state index in [1.807, 2.05) is 0 Å². The van der Waals surface area contributed by atoms with Crippen LogP contribution in [0.25, 0.3) is 11.3 Å². The number of ketones is 1. The Morgan fingerprint density at radius 2 is 1.83 bits per heavy atom. The first-order valence-corrected chi connectivity index (χ1v) is 10.3. The van der Waals surface area contributed by atoms with Crippen LogP contribution in [-0.4, -0.2) is 33.7 Å². The average Bonchev–Trinajstić information content (AvgIpc) is 3.28. The number of hydrogen-bond acceptors (Lipinski definition) is 6. The van der Waals surface area contributed by atoms with Crippen molar-refractivity contribution < 1.29 is 37.2 Å². The van der Waals surface area contributed by atoms with Gasteiger partial charge in [0.2, 0.25) is 5.72 Å². The monoisotopic (exact) mass is 509 g/mol. The number of alkyl halides is 3. The molecule has 9 nitrogen and oxygen atoms in total. The Bertz CT molecular complexity index is 1310. The molecule has 0 radical (unpaired) electrons. The maximum Gasteiger partial charge on any atom is 0.437 e. The van der Waals surface area contributed by atoms with Gasteiger partial charge < -0.3 is 20.2 Å². The van der Waals surface area contributed by atoms with Gasteiger partial charge in [-0.15, -0.1) is 0 Å². The van der Waals surface area contributed by atoms with Crippen LogP contribution in [0.2, 0.25) is 5.02 Å². The molecule has 0 bridgehead atoms. The Morgan fingerprint density at radius 3 is 2.46 bits per heavy atom. The maximum atomic E-state index is 14.0. The summed E-state index contributed by atoms with van der Waals surface area (Å²) >= 11 is 5.80. The van der Waals surface area contributed by atoms with E-state index in [4.69, 9.17) is 16.0 Å². The minimum atomic E-state index is -5.44. The first-order chi connectivity index (χ1) is 16.4. The van der Waals surface area contributed by atoms with E-state index in [2.05, 4.69) is 5.32 Å². The highest BCUT2D eigenvalue weighted by Crippen LogP contribution is 2.44. The SMILES string of the molecule is O=C1N[C@@H](c2ccc(-c3cccc([N+](=O)[O-])c3)o2)[C@@H](C(=O)c2ccc(Cl)cc2)[C@](O)(C(F)(F)F)N1. The number of nitro benzene ring substituents is 1. The van der Waals surface area contributed by atoms with Gasteiger partial charge in [0.15, 0.2) is 5.78 Å². The second kappa shape index (κ2) is 8.71. The van der Waals surface area contributed by atoms with E-state index in [-0.39, 0.29) is 33.4 Å². The van der Waals surface area contributed by atoms with Gasteiger partial charge in [-0.3, -0.25) is 14.9 Å². The molecular weight excluding hydrogens is 495 g/mol. The maximum absolute atomic E-state index is 14.0. The van der Waals surface area contributed by atoms with E-state index in [9.17, 15) is 38.0 Å². The van der Waals surface area contributed by atoms with Gasteiger partial charge in [-0.2, -0.15) is 13.2 Å². The Labute approximate surface area is 199 Å². The van der Waals surface area contributed by atoms with Gasteiger partial charge in [-0.05, 0) is 36.4 Å². The lowest BCUT2D eigenvalue weighted by Crippen LogP contribution is -2.72. The van der Waals surface area contributed by atoms with Crippen molar-refractivity contribution in [2.45, 2.75) is 17.9 Å². The van der Waals surface area contributed by atoms with Crippen LogP contribution in [0.3, 0.4) is 0 Å². The van der Waals surface area contributed by atoms with Crippen molar-refractivity contribution in [2.24, 2.45) is 5.92 Å². The number of hydrogen-bond donors (Lipinski definition) is 3. The minimum Gasteiger partial charge on any atom is -0.459 e. The summed E-state index contributed by atoms with van der Waals surface area (Å²) in [5.74, 6) is -3.70. The molecule has 1 aliphatic heterocycles. The Hall–Kier alpha value is -3.90. The van der Waals surface area contributed by atoms with E-state index in [1.54, 1.807) is 0 Å². The molecule has 182 valence electrons. The largest absolute Gasteiger partial charge is 0.459 e. The van der Waals surface area contributed by atoms with E-state index >= 15 is 0 Å². The van der Waals surface area contributed by atoms with Crippen molar-refractivity contribution in [1.29, 1.82) is 0 Å². The number of non-ortho nitro benzene ring substituents is 1. The summed E-state index contributed by atoms with van der Waals surface area (Å²) in [6, 6.07) is 9.64. The molecular formula is C22H15ClF3N3O6. The first-order valence-electron chi connectivity index (χ1n) is 9.93. The van der Waals surface area contributed by atoms with Crippen LogP contribution in [0.15, 0.2) is 65.1 Å². The number of benzene rings is 2. The molecule has 1 aliphatic rings. The summed E-state index contributed by atoms with van der Waals surface area (Å²) in [6.45, 7) is 0. The molecule has 2 aromatic carbocycles. The molecule has 35 heavy (non-hydrogen) atoms. The highest BCUT2D eigenvalue weighted by atomic mass is 35.5. The molecule has 3 aromatic rings. The number of nitrogens with zero attached hydrogens (tertiary/aromatic N) is 1. The van der Waals surface area contributed by atoms with Gasteiger partial charge in [0, 0.05) is 28.3 Å². The number of carbonyl (C=O) groups excluding carboxylic acids is 2. The predicted octanol–water partition coefficient (Wildman–Crippen LogP) is 4.61. The van der Waals surface area contributed by atoms with E-state index < -0.39 is 40.6 Å². The molecule has 1 fully saturated rings. The number of amides is 2.